The van der Waals surface area contributed by atoms with Crippen LogP contribution in [-0.2, 0) is 4.79 Å². The van der Waals surface area contributed by atoms with Gasteiger partial charge >= 0.3 is 12.0 Å². The molecule has 1 aliphatic rings. The number of hydrogen-bond donors (Lipinski definition) is 2. The molecule has 0 aromatic carbocycles. The second kappa shape index (κ2) is 7.36. The first-order chi connectivity index (χ1) is 8.95. The minimum Gasteiger partial charge on any atom is -0.480 e. The Morgan fingerprint density at radius 3 is 2.58 bits per heavy atom. The molecule has 1 fully saturated rings. The van der Waals surface area contributed by atoms with E-state index in [1.54, 1.807) is 4.90 Å². The minimum absolute atomic E-state index is 0.223. The maximum absolute atomic E-state index is 12.2. The Hall–Kier alpha value is -1.26. The van der Waals surface area contributed by atoms with E-state index in [4.69, 9.17) is 5.11 Å². The Morgan fingerprint density at radius 2 is 2.05 bits per heavy atom. The summed E-state index contributed by atoms with van der Waals surface area (Å²) in [7, 11) is 0. The summed E-state index contributed by atoms with van der Waals surface area (Å²) in [6, 6.07) is -0.756. The summed E-state index contributed by atoms with van der Waals surface area (Å²) < 4.78 is 0. The van der Waals surface area contributed by atoms with Gasteiger partial charge in [-0.15, -0.1) is 0 Å². The molecule has 1 heterocycles. The highest BCUT2D eigenvalue weighted by atomic mass is 16.4. The molecular formula is C14H26N2O3. The SMILES string of the molecule is CC[C@H]1CCCCN1C(=O)N[C@@H](CC(C)C)C(=O)O. The zero-order chi connectivity index (χ0) is 14.4. The summed E-state index contributed by atoms with van der Waals surface area (Å²) in [5.41, 5.74) is 0. The summed E-state index contributed by atoms with van der Waals surface area (Å²) in [5.74, 6) is -0.711. The summed E-state index contributed by atoms with van der Waals surface area (Å²) in [6.07, 6.45) is 4.56. The van der Waals surface area contributed by atoms with Crippen molar-refractivity contribution in [2.45, 2.75) is 65.0 Å². The average Bonchev–Trinajstić information content (AvgIpc) is 2.37. The second-order valence-electron chi connectivity index (χ2n) is 5.72. The second-order valence-corrected chi connectivity index (χ2v) is 5.72. The Kier molecular flexibility index (Phi) is 6.12. The van der Waals surface area contributed by atoms with E-state index >= 15 is 0 Å². The average molecular weight is 270 g/mol. The summed E-state index contributed by atoms with van der Waals surface area (Å²) >= 11 is 0. The van der Waals surface area contributed by atoms with Gasteiger partial charge in [0.05, 0.1) is 0 Å². The van der Waals surface area contributed by atoms with Gasteiger partial charge in [-0.1, -0.05) is 20.8 Å². The first kappa shape index (κ1) is 15.8. The van der Waals surface area contributed by atoms with Crippen molar-refractivity contribution in [1.29, 1.82) is 0 Å². The number of nitrogens with one attached hydrogen (secondary N) is 1. The molecular weight excluding hydrogens is 244 g/mol. The van der Waals surface area contributed by atoms with E-state index in [1.807, 2.05) is 13.8 Å². The Morgan fingerprint density at radius 1 is 1.37 bits per heavy atom. The third kappa shape index (κ3) is 4.73. The van der Waals surface area contributed by atoms with Gasteiger partial charge in [-0.25, -0.2) is 9.59 Å². The molecule has 19 heavy (non-hydrogen) atoms. The minimum atomic E-state index is -0.952. The van der Waals surface area contributed by atoms with Crippen molar-refractivity contribution in [2.75, 3.05) is 6.54 Å². The molecule has 0 aromatic rings. The van der Waals surface area contributed by atoms with Gasteiger partial charge in [0.1, 0.15) is 6.04 Å². The number of piperidine rings is 1. The number of urea groups is 1. The highest BCUT2D eigenvalue weighted by Crippen LogP contribution is 2.19. The number of hydrogen-bond acceptors (Lipinski definition) is 2. The lowest BCUT2D eigenvalue weighted by molar-refractivity contribution is -0.139. The summed E-state index contributed by atoms with van der Waals surface area (Å²) in [4.78, 5) is 25.2. The topological polar surface area (TPSA) is 69.6 Å². The quantitative estimate of drug-likeness (QED) is 0.806. The predicted molar refractivity (Wildman–Crippen MR) is 74.0 cm³/mol. The molecule has 2 N–H and O–H groups in total. The van der Waals surface area contributed by atoms with E-state index in [2.05, 4.69) is 12.2 Å². The fourth-order valence-electron chi connectivity index (χ4n) is 2.62. The molecule has 5 nitrogen and oxygen atoms in total. The van der Waals surface area contributed by atoms with E-state index in [9.17, 15) is 9.59 Å². The monoisotopic (exact) mass is 270 g/mol. The Bertz CT molecular complexity index is 318. The van der Waals surface area contributed by atoms with Crippen molar-refractivity contribution in [2.24, 2.45) is 5.92 Å². The van der Waals surface area contributed by atoms with Crippen LogP contribution in [0.1, 0.15) is 52.9 Å². The van der Waals surface area contributed by atoms with Crippen LogP contribution >= 0.6 is 0 Å². The van der Waals surface area contributed by atoms with Crippen molar-refractivity contribution in [1.82, 2.24) is 10.2 Å². The molecule has 0 aliphatic carbocycles. The molecule has 0 unspecified atom stereocenters. The molecule has 1 rings (SSSR count). The third-order valence-corrected chi connectivity index (χ3v) is 3.66. The largest absolute Gasteiger partial charge is 0.480 e. The fraction of sp³-hybridized carbons (Fsp3) is 0.857. The van der Waals surface area contributed by atoms with Crippen LogP contribution in [0.4, 0.5) is 4.79 Å². The van der Waals surface area contributed by atoms with Crippen LogP contribution in [0.3, 0.4) is 0 Å². The van der Waals surface area contributed by atoms with Crippen LogP contribution in [0.25, 0.3) is 0 Å². The van der Waals surface area contributed by atoms with Crippen molar-refractivity contribution in [3.63, 3.8) is 0 Å². The van der Waals surface area contributed by atoms with Gasteiger partial charge in [0.15, 0.2) is 0 Å². The van der Waals surface area contributed by atoms with Crippen LogP contribution in [-0.4, -0.2) is 40.6 Å². The number of carbonyl (C=O) groups is 2. The lowest BCUT2D eigenvalue weighted by Crippen LogP contribution is -2.53. The number of aliphatic carboxylic acids is 1. The summed E-state index contributed by atoms with van der Waals surface area (Å²) in [6.45, 7) is 6.72. The molecule has 0 radical (unpaired) electrons. The van der Waals surface area contributed by atoms with E-state index in [-0.39, 0.29) is 18.0 Å². The first-order valence-corrected chi connectivity index (χ1v) is 7.25. The number of carboxylic acids is 1. The molecule has 1 saturated heterocycles. The molecule has 0 bridgehead atoms. The molecule has 1 aliphatic heterocycles. The maximum atomic E-state index is 12.2. The van der Waals surface area contributed by atoms with Crippen LogP contribution < -0.4 is 5.32 Å². The standard InChI is InChI=1S/C14H26N2O3/c1-4-11-7-5-6-8-16(11)14(19)15-12(13(17)18)9-10(2)3/h10-12H,4-9H2,1-3H3,(H,15,19)(H,17,18)/t11-,12-/m0/s1. The van der Waals surface area contributed by atoms with E-state index in [1.165, 1.54) is 0 Å². The van der Waals surface area contributed by atoms with Gasteiger partial charge in [0.2, 0.25) is 0 Å². The number of likely N-dealkylation sites (tertiary alicyclic amines) is 1. The van der Waals surface area contributed by atoms with Gasteiger partial charge in [-0.05, 0) is 38.0 Å². The van der Waals surface area contributed by atoms with Crippen molar-refractivity contribution >= 4 is 12.0 Å². The van der Waals surface area contributed by atoms with E-state index < -0.39 is 12.0 Å². The van der Waals surface area contributed by atoms with E-state index in [0.29, 0.717) is 6.42 Å². The first-order valence-electron chi connectivity index (χ1n) is 7.25. The van der Waals surface area contributed by atoms with Gasteiger partial charge in [0.25, 0.3) is 0 Å². The highest BCUT2D eigenvalue weighted by molar-refractivity contribution is 5.82. The van der Waals surface area contributed by atoms with Gasteiger partial charge in [-0.3, -0.25) is 0 Å². The predicted octanol–water partition coefficient (Wildman–Crippen LogP) is 2.46. The molecule has 2 atom stereocenters. The zero-order valence-corrected chi connectivity index (χ0v) is 12.2. The van der Waals surface area contributed by atoms with Gasteiger partial charge < -0.3 is 15.3 Å². The van der Waals surface area contributed by atoms with Crippen LogP contribution in [0, 0.1) is 5.92 Å². The van der Waals surface area contributed by atoms with Crippen LogP contribution in [0.5, 0.6) is 0 Å². The smallest absolute Gasteiger partial charge is 0.326 e. The molecule has 0 aromatic heterocycles. The third-order valence-electron chi connectivity index (χ3n) is 3.66. The maximum Gasteiger partial charge on any atom is 0.326 e. The van der Waals surface area contributed by atoms with Gasteiger partial charge in [-0.2, -0.15) is 0 Å². The zero-order valence-electron chi connectivity index (χ0n) is 12.2. The van der Waals surface area contributed by atoms with Crippen LogP contribution in [0.2, 0.25) is 0 Å². The molecule has 0 spiro atoms. The van der Waals surface area contributed by atoms with Gasteiger partial charge in [0, 0.05) is 12.6 Å². The number of carbonyl (C=O) groups excluding carboxylic acids is 1. The number of nitrogens with zero attached hydrogens (tertiary/aromatic N) is 1. The van der Waals surface area contributed by atoms with E-state index in [0.717, 1.165) is 32.2 Å². The Balaban J connectivity index is 2.62. The molecule has 110 valence electrons. The fourth-order valence-corrected chi connectivity index (χ4v) is 2.62. The molecule has 5 heteroatoms. The van der Waals surface area contributed by atoms with Crippen LogP contribution in [0.15, 0.2) is 0 Å². The highest BCUT2D eigenvalue weighted by Gasteiger charge is 2.29. The summed E-state index contributed by atoms with van der Waals surface area (Å²) in [5, 5.41) is 11.8. The lowest BCUT2D eigenvalue weighted by Gasteiger charge is -2.36. The normalized spacial score (nSPS) is 21.3. The number of amides is 2. The molecule has 2 amide bonds. The van der Waals surface area contributed by atoms with Crippen molar-refractivity contribution in [3.8, 4) is 0 Å². The van der Waals surface area contributed by atoms with Crippen molar-refractivity contribution < 1.29 is 14.7 Å². The number of rotatable bonds is 5. The van der Waals surface area contributed by atoms with Crippen molar-refractivity contribution in [3.05, 3.63) is 0 Å². The molecule has 0 saturated carbocycles. The lowest BCUT2D eigenvalue weighted by atomic mass is 10.0. The Labute approximate surface area is 115 Å². The number of carboxylic acid groups (broad SMARTS) is 1.